The zero-order valence-electron chi connectivity index (χ0n) is 13.6. The van der Waals surface area contributed by atoms with Crippen LogP contribution in [0.3, 0.4) is 0 Å². The predicted octanol–water partition coefficient (Wildman–Crippen LogP) is 5.62. The Morgan fingerprint density at radius 2 is 1.64 bits per heavy atom. The van der Waals surface area contributed by atoms with Crippen LogP contribution in [0.25, 0.3) is 16.8 Å². The van der Waals surface area contributed by atoms with Gasteiger partial charge in [-0.1, -0.05) is 65.2 Å². The number of anilines is 1. The second-order valence-electron chi connectivity index (χ2n) is 6.19. The van der Waals surface area contributed by atoms with Gasteiger partial charge in [-0.3, -0.25) is 0 Å². The normalized spacial score (nSPS) is 14.8. The number of hydrogen-bond acceptors (Lipinski definition) is 3. The third-order valence-electron chi connectivity index (χ3n) is 4.58. The van der Waals surface area contributed by atoms with Gasteiger partial charge in [0.15, 0.2) is 5.82 Å². The number of piperidine rings is 1. The van der Waals surface area contributed by atoms with Crippen molar-refractivity contribution in [3.63, 3.8) is 0 Å². The van der Waals surface area contributed by atoms with Gasteiger partial charge in [0.25, 0.3) is 0 Å². The van der Waals surface area contributed by atoms with E-state index >= 15 is 0 Å². The van der Waals surface area contributed by atoms with E-state index < -0.39 is 0 Å². The molecule has 0 unspecified atom stereocenters. The Balaban J connectivity index is 1.60. The average molecular weight is 370 g/mol. The second kappa shape index (κ2) is 7.03. The van der Waals surface area contributed by atoms with Crippen LogP contribution >= 0.6 is 23.2 Å². The maximum Gasteiger partial charge on any atom is 0.160 e. The molecule has 0 bridgehead atoms. The molecule has 25 heavy (non-hydrogen) atoms. The number of benzene rings is 2. The van der Waals surface area contributed by atoms with Crippen molar-refractivity contribution in [2.45, 2.75) is 12.8 Å². The summed E-state index contributed by atoms with van der Waals surface area (Å²) in [5, 5.41) is 11.5. The molecule has 1 aliphatic heterocycles. The molecule has 3 aromatic rings. The highest BCUT2D eigenvalue weighted by atomic mass is 35.5. The first kappa shape index (κ1) is 16.4. The Morgan fingerprint density at radius 1 is 0.920 bits per heavy atom. The molecular weight excluding hydrogens is 353 g/mol. The van der Waals surface area contributed by atoms with Crippen molar-refractivity contribution in [3.05, 3.63) is 69.8 Å². The highest BCUT2D eigenvalue weighted by Crippen LogP contribution is 2.36. The molecule has 4 rings (SSSR count). The second-order valence-corrected chi connectivity index (χ2v) is 7.00. The van der Waals surface area contributed by atoms with E-state index in [0.717, 1.165) is 42.5 Å². The van der Waals surface area contributed by atoms with E-state index in [-0.39, 0.29) is 0 Å². The van der Waals surface area contributed by atoms with Crippen LogP contribution in [0.5, 0.6) is 0 Å². The Bertz CT molecular complexity index is 928. The van der Waals surface area contributed by atoms with Crippen LogP contribution in [0.1, 0.15) is 18.4 Å². The molecule has 0 N–H and O–H groups in total. The lowest BCUT2D eigenvalue weighted by Gasteiger charge is -2.30. The van der Waals surface area contributed by atoms with Crippen molar-refractivity contribution in [1.29, 1.82) is 0 Å². The van der Waals surface area contributed by atoms with Crippen molar-refractivity contribution in [2.24, 2.45) is 0 Å². The van der Waals surface area contributed by atoms with Gasteiger partial charge in [0, 0.05) is 23.9 Å². The zero-order chi connectivity index (χ0) is 17.2. The molecule has 0 aliphatic carbocycles. The molecule has 3 nitrogen and oxygen atoms in total. The fourth-order valence-corrected chi connectivity index (χ4v) is 3.72. The molecule has 1 fully saturated rings. The highest BCUT2D eigenvalue weighted by molar-refractivity contribution is 6.41. The molecule has 2 heterocycles. The van der Waals surface area contributed by atoms with E-state index in [1.165, 1.54) is 11.1 Å². The Morgan fingerprint density at radius 3 is 2.40 bits per heavy atom. The first-order valence-electron chi connectivity index (χ1n) is 8.31. The largest absolute Gasteiger partial charge is 0.354 e. The highest BCUT2D eigenvalue weighted by Gasteiger charge is 2.20. The van der Waals surface area contributed by atoms with Gasteiger partial charge in [0.1, 0.15) is 0 Å². The summed E-state index contributed by atoms with van der Waals surface area (Å²) in [5.74, 6) is 0.823. The van der Waals surface area contributed by atoms with Crippen LogP contribution in [0.15, 0.2) is 54.2 Å². The minimum Gasteiger partial charge on any atom is -0.354 e. The average Bonchev–Trinajstić information content (AvgIpc) is 2.66. The van der Waals surface area contributed by atoms with Crippen molar-refractivity contribution < 1.29 is 0 Å². The van der Waals surface area contributed by atoms with E-state index in [9.17, 15) is 0 Å². The predicted molar refractivity (Wildman–Crippen MR) is 105 cm³/mol. The number of fused-ring (bicyclic) bond motifs is 1. The molecular formula is C20H17Cl2N3. The van der Waals surface area contributed by atoms with Crippen LogP contribution in [0.4, 0.5) is 5.82 Å². The van der Waals surface area contributed by atoms with E-state index in [1.54, 1.807) is 12.3 Å². The van der Waals surface area contributed by atoms with Crippen LogP contribution in [-0.2, 0) is 0 Å². The molecule has 1 aromatic heterocycles. The summed E-state index contributed by atoms with van der Waals surface area (Å²) in [7, 11) is 0. The van der Waals surface area contributed by atoms with Crippen molar-refractivity contribution in [3.8, 4) is 0 Å². The van der Waals surface area contributed by atoms with E-state index in [0.29, 0.717) is 10.0 Å². The molecule has 0 atom stereocenters. The van der Waals surface area contributed by atoms with Gasteiger partial charge in [0.2, 0.25) is 0 Å². The minimum atomic E-state index is 0.650. The smallest absolute Gasteiger partial charge is 0.160 e. The lowest BCUT2D eigenvalue weighted by Crippen LogP contribution is -2.31. The van der Waals surface area contributed by atoms with Gasteiger partial charge in [-0.05, 0) is 30.5 Å². The maximum atomic E-state index is 6.42. The summed E-state index contributed by atoms with van der Waals surface area (Å²) in [6.45, 7) is 1.80. The molecule has 5 heteroatoms. The summed E-state index contributed by atoms with van der Waals surface area (Å²) >= 11 is 12.7. The topological polar surface area (TPSA) is 29.0 Å². The van der Waals surface area contributed by atoms with Crippen LogP contribution in [0, 0.1) is 0 Å². The molecule has 1 aliphatic rings. The number of nitrogens with zero attached hydrogens (tertiary/aromatic N) is 3. The Kier molecular flexibility index (Phi) is 4.60. The minimum absolute atomic E-state index is 0.650. The fraction of sp³-hybridized carbons (Fsp3) is 0.200. The molecule has 0 spiro atoms. The van der Waals surface area contributed by atoms with Gasteiger partial charge >= 0.3 is 0 Å². The summed E-state index contributed by atoms with van der Waals surface area (Å²) in [4.78, 5) is 2.25. The first-order valence-corrected chi connectivity index (χ1v) is 9.07. The van der Waals surface area contributed by atoms with E-state index in [1.807, 2.05) is 12.1 Å². The van der Waals surface area contributed by atoms with Crippen molar-refractivity contribution in [1.82, 2.24) is 10.2 Å². The molecule has 0 amide bonds. The third kappa shape index (κ3) is 3.35. The maximum absolute atomic E-state index is 6.42. The van der Waals surface area contributed by atoms with Crippen molar-refractivity contribution >= 4 is 45.9 Å². The fourth-order valence-electron chi connectivity index (χ4n) is 3.27. The summed E-state index contributed by atoms with van der Waals surface area (Å²) < 4.78 is 0. The standard InChI is InChI=1S/C20H17Cl2N3/c21-17-6-7-18(22)19-16(17)13-23-24-20(19)25-10-8-15(9-11-25)12-14-4-2-1-3-5-14/h1-7,12-13H,8-11H2. The first-order chi connectivity index (χ1) is 12.2. The number of hydrogen-bond donors (Lipinski definition) is 0. The van der Waals surface area contributed by atoms with Gasteiger partial charge < -0.3 is 4.90 Å². The molecule has 0 saturated carbocycles. The SMILES string of the molecule is Clc1ccc(Cl)c2c(N3CCC(=Cc4ccccc4)CC3)nncc12. The van der Waals surface area contributed by atoms with Crippen LogP contribution < -0.4 is 4.90 Å². The zero-order valence-corrected chi connectivity index (χ0v) is 15.1. The lowest BCUT2D eigenvalue weighted by molar-refractivity contribution is 0.678. The Hall–Kier alpha value is -2.10. The van der Waals surface area contributed by atoms with Crippen molar-refractivity contribution in [2.75, 3.05) is 18.0 Å². The van der Waals surface area contributed by atoms with Crippen LogP contribution in [0.2, 0.25) is 10.0 Å². The summed E-state index contributed by atoms with van der Waals surface area (Å²) in [5.41, 5.74) is 2.71. The molecule has 1 saturated heterocycles. The monoisotopic (exact) mass is 369 g/mol. The molecule has 126 valence electrons. The van der Waals surface area contributed by atoms with E-state index in [2.05, 4.69) is 45.4 Å². The van der Waals surface area contributed by atoms with Gasteiger partial charge in [0.05, 0.1) is 16.2 Å². The number of rotatable bonds is 2. The van der Waals surface area contributed by atoms with E-state index in [4.69, 9.17) is 23.2 Å². The Labute approximate surface area is 156 Å². The van der Waals surface area contributed by atoms with Gasteiger partial charge in [-0.2, -0.15) is 5.10 Å². The molecule has 2 aromatic carbocycles. The number of halogens is 2. The van der Waals surface area contributed by atoms with Gasteiger partial charge in [-0.25, -0.2) is 0 Å². The quantitative estimate of drug-likeness (QED) is 0.586. The summed E-state index contributed by atoms with van der Waals surface area (Å²) in [6.07, 6.45) is 5.98. The summed E-state index contributed by atoms with van der Waals surface area (Å²) in [6, 6.07) is 14.1. The van der Waals surface area contributed by atoms with Gasteiger partial charge in [-0.15, -0.1) is 5.10 Å². The lowest BCUT2D eigenvalue weighted by atomic mass is 10.0. The van der Waals surface area contributed by atoms with Crippen LogP contribution in [-0.4, -0.2) is 23.3 Å². The number of aromatic nitrogens is 2. The molecule has 0 radical (unpaired) electrons. The third-order valence-corrected chi connectivity index (χ3v) is 5.22.